The largest absolute Gasteiger partial charge is 0.495 e. The molecule has 0 spiro atoms. The van der Waals surface area contributed by atoms with Crippen LogP contribution in [-0.4, -0.2) is 61.4 Å². The maximum atomic E-state index is 16.2. The number of alkyl carbamates (subject to hydrolysis) is 1. The quantitative estimate of drug-likeness (QED) is 0.0428. The highest BCUT2D eigenvalue weighted by molar-refractivity contribution is 6.31. The number of nitrogens with zero attached hydrogens (tertiary/aromatic N) is 1. The highest BCUT2D eigenvalue weighted by Gasteiger charge is 2.61. The molecule has 0 saturated carbocycles. The molecule has 5 aromatic rings. The molecule has 0 aliphatic carbocycles. The van der Waals surface area contributed by atoms with Gasteiger partial charge in [0.25, 0.3) is 0 Å². The first-order chi connectivity index (χ1) is 33.8. The number of hydrogen-bond donors (Lipinski definition) is 3. The van der Waals surface area contributed by atoms with Gasteiger partial charge in [0.2, 0.25) is 12.2 Å². The third-order valence-electron chi connectivity index (χ3n) is 11.7. The molecule has 0 aromatic heterocycles. The van der Waals surface area contributed by atoms with Gasteiger partial charge in [0.1, 0.15) is 42.1 Å². The monoisotopic (exact) mass is 1010 g/mol. The summed E-state index contributed by atoms with van der Waals surface area (Å²) < 4.78 is 59.2. The Morgan fingerprint density at radius 2 is 1.51 bits per heavy atom. The van der Waals surface area contributed by atoms with Gasteiger partial charge < -0.3 is 39.6 Å². The number of ether oxygens (including phenoxy) is 5. The van der Waals surface area contributed by atoms with Gasteiger partial charge in [0, 0.05) is 35.9 Å². The number of carbonyl (C=O) groups excluding carboxylic acids is 5. The predicted molar refractivity (Wildman–Crippen MR) is 259 cm³/mol. The van der Waals surface area contributed by atoms with Gasteiger partial charge in [0.15, 0.2) is 0 Å². The number of benzene rings is 5. The Morgan fingerprint density at radius 1 is 0.845 bits per heavy atom. The average molecular weight is 1010 g/mol. The van der Waals surface area contributed by atoms with Crippen molar-refractivity contribution in [2.24, 2.45) is 5.41 Å². The number of hydrogen-bond acceptors (Lipinski definition) is 12. The van der Waals surface area contributed by atoms with Crippen LogP contribution in [0.4, 0.5) is 19.3 Å². The zero-order valence-electron chi connectivity index (χ0n) is 39.4. The van der Waals surface area contributed by atoms with Crippen LogP contribution in [0.1, 0.15) is 85.5 Å². The number of halogens is 4. The molecule has 372 valence electrons. The number of esters is 3. The van der Waals surface area contributed by atoms with Crippen molar-refractivity contribution in [2.45, 2.75) is 95.9 Å². The van der Waals surface area contributed by atoms with Gasteiger partial charge in [-0.3, -0.25) is 9.59 Å². The molecule has 0 bridgehead atoms. The Kier molecular flexibility index (Phi) is 17.8. The molecule has 1 aliphatic heterocycles. The van der Waals surface area contributed by atoms with E-state index in [1.165, 1.54) is 62.6 Å². The number of amides is 2. The summed E-state index contributed by atoms with van der Waals surface area (Å²) in [5.74, 6) is -6.32. The van der Waals surface area contributed by atoms with E-state index in [0.29, 0.717) is 5.56 Å². The molecule has 71 heavy (non-hydrogen) atoms. The Balaban J connectivity index is 1.16. The highest BCUT2D eigenvalue weighted by atomic mass is 35.5. The summed E-state index contributed by atoms with van der Waals surface area (Å²) in [7, 11) is 1.28. The zero-order valence-corrected chi connectivity index (χ0v) is 40.9. The molecule has 14 nitrogen and oxygen atoms in total. The van der Waals surface area contributed by atoms with E-state index in [1.807, 2.05) is 26.8 Å². The predicted octanol–water partition coefficient (Wildman–Crippen LogP) is 10.1. The lowest BCUT2D eigenvalue weighted by molar-refractivity contribution is -0.149. The molecule has 1 heterocycles. The van der Waals surface area contributed by atoms with Gasteiger partial charge in [-0.2, -0.15) is 5.26 Å². The SMILES string of the molecule is COc1cc(C(=O)OC(C)OC(=O)N[C@@H](CCC(=O)OCc2ccccc2)C(=O)OCc2ccccc2)ccc1NC(=O)[C@@H]1N[C@@H](CC(C)(C)C)[C@](C#N)(c2ccc(Cl)cc2F)[C@H]1c1cccc(Cl)c1F. The van der Waals surface area contributed by atoms with Crippen molar-refractivity contribution in [2.75, 3.05) is 12.4 Å². The smallest absolute Gasteiger partial charge is 0.410 e. The molecule has 1 aliphatic rings. The van der Waals surface area contributed by atoms with Crippen LogP contribution in [0.15, 0.2) is 115 Å². The minimum atomic E-state index is -1.88. The molecule has 18 heteroatoms. The van der Waals surface area contributed by atoms with Gasteiger partial charge in [-0.05, 0) is 71.3 Å². The topological polar surface area (TPSA) is 191 Å². The van der Waals surface area contributed by atoms with Crippen molar-refractivity contribution >= 4 is 58.8 Å². The van der Waals surface area contributed by atoms with Crippen LogP contribution in [-0.2, 0) is 52.0 Å². The minimum absolute atomic E-state index is 0.00706. The fourth-order valence-corrected chi connectivity index (χ4v) is 8.75. The summed E-state index contributed by atoms with van der Waals surface area (Å²) in [6.07, 6.45) is -2.92. The van der Waals surface area contributed by atoms with E-state index < -0.39 is 82.7 Å². The normalized spacial score (nSPS) is 18.2. The molecule has 5 aromatic carbocycles. The van der Waals surface area contributed by atoms with Gasteiger partial charge in [-0.25, -0.2) is 23.2 Å². The van der Waals surface area contributed by atoms with Crippen molar-refractivity contribution in [1.82, 2.24) is 10.6 Å². The van der Waals surface area contributed by atoms with E-state index in [2.05, 4.69) is 22.0 Å². The van der Waals surface area contributed by atoms with Gasteiger partial charge in [-0.1, -0.05) is 123 Å². The van der Waals surface area contributed by atoms with Crippen LogP contribution in [0.5, 0.6) is 5.75 Å². The van der Waals surface area contributed by atoms with Gasteiger partial charge in [-0.15, -0.1) is 0 Å². The Labute approximate surface area is 419 Å². The molecule has 1 unspecified atom stereocenters. The lowest BCUT2D eigenvalue weighted by Crippen LogP contribution is -2.45. The van der Waals surface area contributed by atoms with Crippen LogP contribution in [0.25, 0.3) is 0 Å². The summed E-state index contributed by atoms with van der Waals surface area (Å²) in [5.41, 5.74) is -1.17. The molecular formula is C53H52Cl2F2N4O10. The second-order valence-electron chi connectivity index (χ2n) is 17.9. The fourth-order valence-electron chi connectivity index (χ4n) is 8.41. The molecule has 1 fully saturated rings. The van der Waals surface area contributed by atoms with Crippen LogP contribution in [0.2, 0.25) is 10.0 Å². The molecule has 0 radical (unpaired) electrons. The Morgan fingerprint density at radius 3 is 2.13 bits per heavy atom. The number of nitriles is 1. The minimum Gasteiger partial charge on any atom is -0.495 e. The average Bonchev–Trinajstić information content (AvgIpc) is 3.65. The lowest BCUT2D eigenvalue weighted by atomic mass is 9.62. The van der Waals surface area contributed by atoms with Crippen molar-refractivity contribution in [3.8, 4) is 11.8 Å². The van der Waals surface area contributed by atoms with E-state index in [-0.39, 0.29) is 70.6 Å². The molecule has 2 amide bonds. The van der Waals surface area contributed by atoms with E-state index in [9.17, 15) is 29.2 Å². The summed E-state index contributed by atoms with van der Waals surface area (Å²) in [5, 5.41) is 19.4. The summed E-state index contributed by atoms with van der Waals surface area (Å²) in [6, 6.07) is 28.4. The number of anilines is 1. The maximum Gasteiger partial charge on any atom is 0.410 e. The van der Waals surface area contributed by atoms with Crippen molar-refractivity contribution in [1.29, 1.82) is 5.26 Å². The maximum absolute atomic E-state index is 16.2. The third-order valence-corrected chi connectivity index (χ3v) is 12.2. The zero-order chi connectivity index (χ0) is 51.5. The number of rotatable bonds is 18. The highest BCUT2D eigenvalue weighted by Crippen LogP contribution is 2.53. The lowest BCUT2D eigenvalue weighted by Gasteiger charge is -2.37. The second-order valence-corrected chi connectivity index (χ2v) is 18.8. The second kappa shape index (κ2) is 23.7. The van der Waals surface area contributed by atoms with Crippen LogP contribution in [0, 0.1) is 28.4 Å². The van der Waals surface area contributed by atoms with E-state index in [1.54, 1.807) is 54.6 Å². The van der Waals surface area contributed by atoms with Gasteiger partial charge in [0.05, 0.1) is 35.5 Å². The standard InChI is InChI=1S/C53H52Cl2F2N4O10/c1-31(71-51(66)60-41(50(65)69-29-33-15-10-7-11-16-33)23-24-44(62)68-28-32-13-8-6-9-14-32)70-49(64)34-19-22-40(42(25-34)67-5)59-48(63)47-45(36-17-12-18-38(55)46(36)57)53(30-58,43(61-47)27-52(2,3)4)37-21-20-35(54)26-39(37)56/h6-22,25-26,31,41,43,45,47,61H,23-24,27-29H2,1-5H3,(H,59,63)(H,60,66)/t31?,41-,43-,45-,47+,53-/m0/s1. The van der Waals surface area contributed by atoms with Crippen LogP contribution < -0.4 is 20.7 Å². The summed E-state index contributed by atoms with van der Waals surface area (Å²) in [4.78, 5) is 66.9. The van der Waals surface area contributed by atoms with E-state index in [4.69, 9.17) is 46.9 Å². The first-order valence-electron chi connectivity index (χ1n) is 22.5. The first kappa shape index (κ1) is 53.3. The van der Waals surface area contributed by atoms with Crippen molar-refractivity contribution in [3.05, 3.63) is 165 Å². The first-order valence-corrected chi connectivity index (χ1v) is 23.2. The third kappa shape index (κ3) is 13.4. The van der Waals surface area contributed by atoms with Crippen molar-refractivity contribution in [3.63, 3.8) is 0 Å². The van der Waals surface area contributed by atoms with Crippen LogP contribution >= 0.6 is 23.2 Å². The molecule has 3 N–H and O–H groups in total. The molecule has 1 saturated heterocycles. The molecular weight excluding hydrogens is 962 g/mol. The summed E-state index contributed by atoms with van der Waals surface area (Å²) >= 11 is 12.4. The Hall–Kier alpha value is -7.06. The number of nitrogens with one attached hydrogen (secondary N) is 3. The number of methoxy groups -OCH3 is 1. The molecule has 6 atom stereocenters. The Bertz CT molecular complexity index is 2770. The van der Waals surface area contributed by atoms with Crippen LogP contribution in [0.3, 0.4) is 0 Å². The van der Waals surface area contributed by atoms with E-state index >= 15 is 8.78 Å². The molecule has 6 rings (SSSR count). The number of carbonyl (C=O) groups is 5. The van der Waals surface area contributed by atoms with Crippen molar-refractivity contribution < 1.29 is 56.4 Å². The fraction of sp³-hybridized carbons (Fsp3) is 0.321. The summed E-state index contributed by atoms with van der Waals surface area (Å²) in [6.45, 7) is 6.89. The van der Waals surface area contributed by atoms with E-state index in [0.717, 1.165) is 11.6 Å². The van der Waals surface area contributed by atoms with Gasteiger partial charge >= 0.3 is 24.0 Å².